The molecule has 1 N–H and O–H groups in total. The highest BCUT2D eigenvalue weighted by Gasteiger charge is 2.26. The predicted molar refractivity (Wildman–Crippen MR) is 77.7 cm³/mol. The van der Waals surface area contributed by atoms with E-state index in [4.69, 9.17) is 4.74 Å². The van der Waals surface area contributed by atoms with Gasteiger partial charge in [-0.2, -0.15) is 0 Å². The van der Waals surface area contributed by atoms with Crippen LogP contribution in [0.15, 0.2) is 30.3 Å². The van der Waals surface area contributed by atoms with Gasteiger partial charge >= 0.3 is 0 Å². The highest BCUT2D eigenvalue weighted by Crippen LogP contribution is 2.26. The topological polar surface area (TPSA) is 21.3 Å². The number of hydrogen-bond acceptors (Lipinski definition) is 2. The minimum absolute atomic E-state index is 0.132. The van der Waals surface area contributed by atoms with Crippen molar-refractivity contribution in [3.63, 3.8) is 0 Å². The van der Waals surface area contributed by atoms with E-state index >= 15 is 0 Å². The van der Waals surface area contributed by atoms with E-state index in [-0.39, 0.29) is 6.10 Å². The molecule has 2 heteroatoms. The van der Waals surface area contributed by atoms with Gasteiger partial charge in [-0.05, 0) is 24.4 Å². The number of hydrogen-bond donors (Lipinski definition) is 1. The van der Waals surface area contributed by atoms with E-state index in [1.165, 1.54) is 5.56 Å². The normalized spacial score (nSPS) is 16.2. The van der Waals surface area contributed by atoms with Crippen LogP contribution >= 0.6 is 0 Å². The molecular weight excluding hydrogens is 222 g/mol. The van der Waals surface area contributed by atoms with Gasteiger partial charge in [0.25, 0.3) is 0 Å². The van der Waals surface area contributed by atoms with E-state index in [1.807, 2.05) is 6.07 Å². The van der Waals surface area contributed by atoms with Crippen molar-refractivity contribution in [1.82, 2.24) is 5.32 Å². The molecule has 0 saturated heterocycles. The zero-order chi connectivity index (χ0) is 13.4. The molecule has 0 spiro atoms. The molecule has 0 aromatic heterocycles. The molecule has 18 heavy (non-hydrogen) atoms. The first kappa shape index (κ1) is 15.2. The first-order chi connectivity index (χ1) is 8.74. The summed E-state index contributed by atoms with van der Waals surface area (Å²) in [6, 6.07) is 10.9. The Morgan fingerprint density at radius 3 is 2.33 bits per heavy atom. The van der Waals surface area contributed by atoms with E-state index < -0.39 is 0 Å². The number of benzene rings is 1. The Morgan fingerprint density at radius 1 is 1.17 bits per heavy atom. The molecular formula is C16H27NO. The third-order valence-electron chi connectivity index (χ3n) is 3.60. The Morgan fingerprint density at radius 2 is 1.83 bits per heavy atom. The molecule has 0 fully saturated rings. The van der Waals surface area contributed by atoms with Crippen molar-refractivity contribution < 1.29 is 4.74 Å². The summed E-state index contributed by atoms with van der Waals surface area (Å²) in [5, 5.41) is 3.64. The molecule has 1 aromatic rings. The fourth-order valence-electron chi connectivity index (χ4n) is 2.30. The van der Waals surface area contributed by atoms with Crippen LogP contribution in [0.25, 0.3) is 0 Å². The Hall–Kier alpha value is -0.860. The van der Waals surface area contributed by atoms with Gasteiger partial charge in [-0.1, -0.05) is 57.5 Å². The average molecular weight is 249 g/mol. The number of methoxy groups -OCH3 is 1. The lowest BCUT2D eigenvalue weighted by Crippen LogP contribution is -2.41. The molecule has 0 aliphatic rings. The molecule has 1 rings (SSSR count). The van der Waals surface area contributed by atoms with Crippen LogP contribution in [-0.2, 0) is 4.74 Å². The Kier molecular flexibility index (Phi) is 6.99. The zero-order valence-electron chi connectivity index (χ0n) is 12.1. The number of rotatable bonds is 8. The van der Waals surface area contributed by atoms with E-state index in [1.54, 1.807) is 7.11 Å². The molecule has 0 aliphatic carbocycles. The molecule has 0 aliphatic heterocycles. The maximum Gasteiger partial charge on any atom is 0.0976 e. The fourth-order valence-corrected chi connectivity index (χ4v) is 2.30. The molecule has 0 saturated carbocycles. The van der Waals surface area contributed by atoms with Gasteiger partial charge in [0, 0.05) is 13.2 Å². The van der Waals surface area contributed by atoms with Gasteiger partial charge in [-0.15, -0.1) is 0 Å². The maximum atomic E-state index is 5.76. The van der Waals surface area contributed by atoms with Crippen molar-refractivity contribution in [2.24, 2.45) is 5.92 Å². The fraction of sp³-hybridized carbons (Fsp3) is 0.625. The van der Waals surface area contributed by atoms with Crippen molar-refractivity contribution in [2.45, 2.75) is 45.8 Å². The molecule has 0 heterocycles. The predicted octanol–water partition coefficient (Wildman–Crippen LogP) is 3.79. The summed E-state index contributed by atoms with van der Waals surface area (Å²) in [6.07, 6.45) is 2.44. The molecule has 2 nitrogen and oxygen atoms in total. The highest BCUT2D eigenvalue weighted by molar-refractivity contribution is 5.19. The van der Waals surface area contributed by atoms with Crippen LogP contribution in [0.1, 0.15) is 45.3 Å². The van der Waals surface area contributed by atoms with Gasteiger partial charge in [0.15, 0.2) is 0 Å². The van der Waals surface area contributed by atoms with E-state index in [9.17, 15) is 0 Å². The van der Waals surface area contributed by atoms with Gasteiger partial charge in [-0.25, -0.2) is 0 Å². The van der Waals surface area contributed by atoms with Crippen LogP contribution in [0.4, 0.5) is 0 Å². The van der Waals surface area contributed by atoms with Crippen molar-refractivity contribution in [3.8, 4) is 0 Å². The Balaban J connectivity index is 2.86. The van der Waals surface area contributed by atoms with Gasteiger partial charge in [0.2, 0.25) is 0 Å². The summed E-state index contributed by atoms with van der Waals surface area (Å²) < 4.78 is 5.76. The quantitative estimate of drug-likeness (QED) is 0.757. The summed E-state index contributed by atoms with van der Waals surface area (Å²) in [5.41, 5.74) is 1.26. The largest absolute Gasteiger partial charge is 0.375 e. The van der Waals surface area contributed by atoms with E-state index in [0.717, 1.165) is 19.4 Å². The molecule has 0 bridgehead atoms. The van der Waals surface area contributed by atoms with Gasteiger partial charge < -0.3 is 10.1 Å². The second-order valence-corrected chi connectivity index (χ2v) is 4.93. The second kappa shape index (κ2) is 8.28. The lowest BCUT2D eigenvalue weighted by atomic mass is 9.90. The minimum atomic E-state index is 0.132. The summed E-state index contributed by atoms with van der Waals surface area (Å²) in [6.45, 7) is 7.78. The molecule has 3 atom stereocenters. The number of ether oxygens (including phenoxy) is 1. The molecule has 1 aromatic carbocycles. The van der Waals surface area contributed by atoms with Crippen molar-refractivity contribution in [3.05, 3.63) is 35.9 Å². The van der Waals surface area contributed by atoms with Crippen LogP contribution in [0.2, 0.25) is 0 Å². The van der Waals surface area contributed by atoms with Crippen molar-refractivity contribution in [2.75, 3.05) is 13.7 Å². The summed E-state index contributed by atoms with van der Waals surface area (Å²) in [7, 11) is 1.81. The van der Waals surface area contributed by atoms with Crippen LogP contribution in [-0.4, -0.2) is 19.7 Å². The van der Waals surface area contributed by atoms with E-state index in [2.05, 4.69) is 50.4 Å². The third-order valence-corrected chi connectivity index (χ3v) is 3.60. The van der Waals surface area contributed by atoms with Crippen molar-refractivity contribution in [1.29, 1.82) is 0 Å². The molecule has 102 valence electrons. The van der Waals surface area contributed by atoms with Gasteiger partial charge in [0.05, 0.1) is 6.10 Å². The van der Waals surface area contributed by atoms with Crippen LogP contribution in [0.3, 0.4) is 0 Å². The Bertz CT molecular complexity index is 312. The van der Waals surface area contributed by atoms with Gasteiger partial charge in [-0.3, -0.25) is 0 Å². The highest BCUT2D eigenvalue weighted by atomic mass is 16.5. The van der Waals surface area contributed by atoms with Crippen LogP contribution in [0, 0.1) is 5.92 Å². The van der Waals surface area contributed by atoms with Crippen molar-refractivity contribution >= 4 is 0 Å². The standard InChI is InChI=1S/C16H27NO/c1-5-12-17-15(13(3)6-2)16(18-4)14-10-8-7-9-11-14/h7-11,13,15-17H,5-6,12H2,1-4H3. The maximum absolute atomic E-state index is 5.76. The molecule has 0 radical (unpaired) electrons. The SMILES string of the molecule is CCCNC(C(C)CC)C(OC)c1ccccc1. The van der Waals surface area contributed by atoms with Gasteiger partial charge in [0.1, 0.15) is 0 Å². The molecule has 3 unspecified atom stereocenters. The average Bonchev–Trinajstić information content (AvgIpc) is 2.43. The summed E-state index contributed by atoms with van der Waals surface area (Å²) >= 11 is 0. The summed E-state index contributed by atoms with van der Waals surface area (Å²) in [5.74, 6) is 0.599. The number of nitrogens with one attached hydrogen (secondary N) is 1. The summed E-state index contributed by atoms with van der Waals surface area (Å²) in [4.78, 5) is 0. The zero-order valence-corrected chi connectivity index (χ0v) is 12.1. The van der Waals surface area contributed by atoms with Crippen LogP contribution < -0.4 is 5.32 Å². The van der Waals surface area contributed by atoms with E-state index in [0.29, 0.717) is 12.0 Å². The smallest absolute Gasteiger partial charge is 0.0976 e. The first-order valence-corrected chi connectivity index (χ1v) is 7.05. The lowest BCUT2D eigenvalue weighted by molar-refractivity contribution is 0.0485. The first-order valence-electron chi connectivity index (χ1n) is 7.05. The Labute approximate surface area is 112 Å². The lowest BCUT2D eigenvalue weighted by Gasteiger charge is -2.32. The van der Waals surface area contributed by atoms with Crippen LogP contribution in [0.5, 0.6) is 0 Å². The third kappa shape index (κ3) is 4.11. The minimum Gasteiger partial charge on any atom is -0.375 e. The second-order valence-electron chi connectivity index (χ2n) is 4.93. The molecule has 0 amide bonds. The monoisotopic (exact) mass is 249 g/mol.